The molecule has 2 saturated heterocycles. The van der Waals surface area contributed by atoms with E-state index in [0.717, 1.165) is 25.2 Å². The standard InChI is InChI=1S/C18H24F4N4O/c19-14-1-3-16(4-2-14)26-8-5-13(10-26)9-23-17(27)24-15-6-7-25(11-15)12-18(20,21)22/h1-4,13,15H,5-12H2,(H2,23,24,27). The molecule has 3 rings (SSSR count). The molecule has 0 radical (unpaired) electrons. The first kappa shape index (κ1) is 19.7. The number of carbonyl (C=O) groups is 1. The van der Waals surface area contributed by atoms with Gasteiger partial charge in [-0.3, -0.25) is 4.90 Å². The van der Waals surface area contributed by atoms with Crippen molar-refractivity contribution in [3.63, 3.8) is 0 Å². The summed E-state index contributed by atoms with van der Waals surface area (Å²) in [6.45, 7) is 1.73. The van der Waals surface area contributed by atoms with E-state index in [1.165, 1.54) is 17.0 Å². The van der Waals surface area contributed by atoms with Crippen LogP contribution in [0, 0.1) is 11.7 Å². The lowest BCUT2D eigenvalue weighted by molar-refractivity contribution is -0.143. The molecule has 2 unspecified atom stereocenters. The number of amides is 2. The lowest BCUT2D eigenvalue weighted by atomic mass is 10.1. The van der Waals surface area contributed by atoms with Crippen molar-refractivity contribution in [3.05, 3.63) is 30.1 Å². The molecule has 2 fully saturated rings. The highest BCUT2D eigenvalue weighted by atomic mass is 19.4. The molecule has 2 N–H and O–H groups in total. The molecule has 0 spiro atoms. The van der Waals surface area contributed by atoms with Crippen molar-refractivity contribution in [3.8, 4) is 0 Å². The summed E-state index contributed by atoms with van der Waals surface area (Å²) in [5, 5.41) is 5.57. The zero-order chi connectivity index (χ0) is 19.4. The van der Waals surface area contributed by atoms with Crippen LogP contribution in [0.2, 0.25) is 0 Å². The molecule has 27 heavy (non-hydrogen) atoms. The van der Waals surface area contributed by atoms with E-state index in [9.17, 15) is 22.4 Å². The fourth-order valence-corrected chi connectivity index (χ4v) is 3.71. The van der Waals surface area contributed by atoms with Gasteiger partial charge in [0.25, 0.3) is 0 Å². The van der Waals surface area contributed by atoms with E-state index >= 15 is 0 Å². The number of carbonyl (C=O) groups excluding carboxylic acids is 1. The zero-order valence-corrected chi connectivity index (χ0v) is 14.9. The highest BCUT2D eigenvalue weighted by Crippen LogP contribution is 2.23. The topological polar surface area (TPSA) is 47.6 Å². The number of nitrogens with one attached hydrogen (secondary N) is 2. The number of hydrogen-bond acceptors (Lipinski definition) is 3. The van der Waals surface area contributed by atoms with Crippen LogP contribution < -0.4 is 15.5 Å². The molecule has 0 aromatic heterocycles. The monoisotopic (exact) mass is 388 g/mol. The lowest BCUT2D eigenvalue weighted by Gasteiger charge is -2.20. The SMILES string of the molecule is O=C(NCC1CCN(c2ccc(F)cc2)C1)NC1CCN(CC(F)(F)F)C1. The molecule has 2 aliphatic heterocycles. The van der Waals surface area contributed by atoms with Crippen molar-refractivity contribution in [2.24, 2.45) is 5.92 Å². The molecule has 2 amide bonds. The normalized spacial score (nSPS) is 23.6. The van der Waals surface area contributed by atoms with E-state index in [4.69, 9.17) is 0 Å². The number of likely N-dealkylation sites (tertiary alicyclic amines) is 1. The predicted molar refractivity (Wildman–Crippen MR) is 94.2 cm³/mol. The van der Waals surface area contributed by atoms with Crippen LogP contribution in [0.1, 0.15) is 12.8 Å². The van der Waals surface area contributed by atoms with Gasteiger partial charge in [-0.25, -0.2) is 9.18 Å². The summed E-state index contributed by atoms with van der Waals surface area (Å²) in [5.74, 6) is 0.0136. The van der Waals surface area contributed by atoms with Gasteiger partial charge in [-0.1, -0.05) is 0 Å². The molecule has 2 aliphatic rings. The van der Waals surface area contributed by atoms with Gasteiger partial charge in [-0.2, -0.15) is 13.2 Å². The highest BCUT2D eigenvalue weighted by molar-refractivity contribution is 5.74. The van der Waals surface area contributed by atoms with Crippen LogP contribution in [0.4, 0.5) is 28.0 Å². The van der Waals surface area contributed by atoms with Crippen molar-refractivity contribution in [1.29, 1.82) is 0 Å². The van der Waals surface area contributed by atoms with Gasteiger partial charge in [-0.15, -0.1) is 0 Å². The van der Waals surface area contributed by atoms with Crippen LogP contribution in [0.25, 0.3) is 0 Å². The average Bonchev–Trinajstić information content (AvgIpc) is 3.22. The fraction of sp³-hybridized carbons (Fsp3) is 0.611. The molecular weight excluding hydrogens is 364 g/mol. The van der Waals surface area contributed by atoms with Crippen LogP contribution in [-0.4, -0.2) is 62.4 Å². The first-order valence-electron chi connectivity index (χ1n) is 9.12. The number of halogens is 4. The zero-order valence-electron chi connectivity index (χ0n) is 14.9. The number of urea groups is 1. The second-order valence-corrected chi connectivity index (χ2v) is 7.27. The summed E-state index contributed by atoms with van der Waals surface area (Å²) in [7, 11) is 0. The van der Waals surface area contributed by atoms with Gasteiger partial charge >= 0.3 is 12.2 Å². The molecule has 0 bridgehead atoms. The van der Waals surface area contributed by atoms with Crippen LogP contribution in [-0.2, 0) is 0 Å². The van der Waals surface area contributed by atoms with E-state index in [1.807, 2.05) is 0 Å². The second-order valence-electron chi connectivity index (χ2n) is 7.27. The molecule has 2 atom stereocenters. The molecule has 1 aromatic carbocycles. The minimum absolute atomic E-state index is 0.217. The van der Waals surface area contributed by atoms with Gasteiger partial charge in [0, 0.05) is 44.5 Å². The Morgan fingerprint density at radius 2 is 1.85 bits per heavy atom. The minimum atomic E-state index is -4.21. The maximum atomic E-state index is 13.0. The Bertz CT molecular complexity index is 637. The number of hydrogen-bond donors (Lipinski definition) is 2. The van der Waals surface area contributed by atoms with Gasteiger partial charge in [0.05, 0.1) is 6.54 Å². The Hall–Kier alpha value is -2.03. The van der Waals surface area contributed by atoms with Crippen molar-refractivity contribution in [1.82, 2.24) is 15.5 Å². The summed E-state index contributed by atoms with van der Waals surface area (Å²) < 4.78 is 50.2. The summed E-state index contributed by atoms with van der Waals surface area (Å²) >= 11 is 0. The van der Waals surface area contributed by atoms with Gasteiger partial charge in [0.1, 0.15) is 5.82 Å². The summed E-state index contributed by atoms with van der Waals surface area (Å²) in [6.07, 6.45) is -2.78. The first-order valence-corrected chi connectivity index (χ1v) is 9.12. The number of anilines is 1. The minimum Gasteiger partial charge on any atom is -0.371 e. The smallest absolute Gasteiger partial charge is 0.371 e. The number of alkyl halides is 3. The molecule has 0 saturated carbocycles. The summed E-state index contributed by atoms with van der Waals surface area (Å²) in [4.78, 5) is 15.5. The van der Waals surface area contributed by atoms with Crippen LogP contribution >= 0.6 is 0 Å². The Morgan fingerprint density at radius 3 is 2.56 bits per heavy atom. The maximum absolute atomic E-state index is 13.0. The van der Waals surface area contributed by atoms with Crippen molar-refractivity contribution in [2.45, 2.75) is 25.1 Å². The van der Waals surface area contributed by atoms with E-state index in [1.54, 1.807) is 12.1 Å². The van der Waals surface area contributed by atoms with Crippen molar-refractivity contribution < 1.29 is 22.4 Å². The summed E-state index contributed by atoms with van der Waals surface area (Å²) in [5.41, 5.74) is 0.957. The Morgan fingerprint density at radius 1 is 1.11 bits per heavy atom. The van der Waals surface area contributed by atoms with Crippen LogP contribution in [0.5, 0.6) is 0 Å². The third-order valence-corrected chi connectivity index (χ3v) is 5.04. The fourth-order valence-electron chi connectivity index (χ4n) is 3.71. The third-order valence-electron chi connectivity index (χ3n) is 5.04. The molecular formula is C18H24F4N4O. The highest BCUT2D eigenvalue weighted by Gasteiger charge is 2.34. The van der Waals surface area contributed by atoms with Gasteiger partial charge in [0.2, 0.25) is 0 Å². The molecule has 2 heterocycles. The first-order chi connectivity index (χ1) is 12.8. The molecule has 9 heteroatoms. The number of nitrogens with zero attached hydrogens (tertiary/aromatic N) is 2. The number of benzene rings is 1. The number of rotatable bonds is 5. The third kappa shape index (κ3) is 5.98. The maximum Gasteiger partial charge on any atom is 0.401 e. The summed E-state index contributed by atoms with van der Waals surface area (Å²) in [6, 6.07) is 5.74. The van der Waals surface area contributed by atoms with Gasteiger partial charge in [0.15, 0.2) is 0 Å². The van der Waals surface area contributed by atoms with Crippen molar-refractivity contribution >= 4 is 11.7 Å². The van der Waals surface area contributed by atoms with Crippen molar-refractivity contribution in [2.75, 3.05) is 44.2 Å². The Balaban J connectivity index is 1.36. The molecule has 1 aromatic rings. The van der Waals surface area contributed by atoms with Gasteiger partial charge < -0.3 is 15.5 Å². The van der Waals surface area contributed by atoms with E-state index in [0.29, 0.717) is 19.5 Å². The Kier molecular flexibility index (Phi) is 6.08. The van der Waals surface area contributed by atoms with Crippen LogP contribution in [0.3, 0.4) is 0 Å². The lowest BCUT2D eigenvalue weighted by Crippen LogP contribution is -2.45. The average molecular weight is 388 g/mol. The van der Waals surface area contributed by atoms with Gasteiger partial charge in [-0.05, 0) is 43.0 Å². The Labute approximate surface area is 155 Å². The molecule has 5 nitrogen and oxygen atoms in total. The molecule has 0 aliphatic carbocycles. The van der Waals surface area contributed by atoms with E-state index in [2.05, 4.69) is 15.5 Å². The predicted octanol–water partition coefficient (Wildman–Crippen LogP) is 2.59. The van der Waals surface area contributed by atoms with E-state index < -0.39 is 12.7 Å². The quantitative estimate of drug-likeness (QED) is 0.763. The molecule has 150 valence electrons. The largest absolute Gasteiger partial charge is 0.401 e. The second kappa shape index (κ2) is 8.33. The van der Waals surface area contributed by atoms with E-state index in [-0.39, 0.29) is 30.4 Å². The van der Waals surface area contributed by atoms with Crippen LogP contribution in [0.15, 0.2) is 24.3 Å².